The predicted octanol–water partition coefficient (Wildman–Crippen LogP) is 2.48. The third-order valence-corrected chi connectivity index (χ3v) is 4.38. The van der Waals surface area contributed by atoms with Crippen LogP contribution in [0.25, 0.3) is 0 Å². The number of nitrogens with one attached hydrogen (secondary N) is 2. The molecule has 1 atom stereocenters. The zero-order valence-electron chi connectivity index (χ0n) is 15.7. The molecule has 10 heteroatoms. The molecule has 1 heterocycles. The van der Waals surface area contributed by atoms with Crippen molar-refractivity contribution in [3.63, 3.8) is 0 Å². The largest absolute Gasteiger partial charge is 0.493 e. The van der Waals surface area contributed by atoms with Crippen LogP contribution in [0.15, 0.2) is 24.3 Å². The standard InChI is InChI=1S/C18H19N3O7/c1-25-13-5-9-11(7-15(13)27-3)19-17(20-18(9)22)10-6-14(26-2)16(28-4)8-12(10)21(23)24/h5-8,17,19H,1-4H3,(H,20,22). The Hall–Kier alpha value is -3.69. The number of nitro benzene ring substituents is 1. The van der Waals surface area contributed by atoms with Crippen molar-refractivity contribution < 1.29 is 28.7 Å². The predicted molar refractivity (Wildman–Crippen MR) is 99.6 cm³/mol. The van der Waals surface area contributed by atoms with E-state index in [-0.39, 0.29) is 17.0 Å². The second-order valence-corrected chi connectivity index (χ2v) is 5.83. The number of carbonyl (C=O) groups is 1. The summed E-state index contributed by atoms with van der Waals surface area (Å²) >= 11 is 0. The van der Waals surface area contributed by atoms with Crippen molar-refractivity contribution in [2.24, 2.45) is 0 Å². The smallest absolute Gasteiger partial charge is 0.280 e. The van der Waals surface area contributed by atoms with Crippen LogP contribution in [0.5, 0.6) is 23.0 Å². The van der Waals surface area contributed by atoms with Crippen molar-refractivity contribution >= 4 is 17.3 Å². The minimum atomic E-state index is -0.863. The molecule has 1 aliphatic rings. The third-order valence-electron chi connectivity index (χ3n) is 4.38. The van der Waals surface area contributed by atoms with Gasteiger partial charge in [-0.3, -0.25) is 14.9 Å². The third kappa shape index (κ3) is 3.20. The van der Waals surface area contributed by atoms with E-state index >= 15 is 0 Å². The van der Waals surface area contributed by atoms with Crippen molar-refractivity contribution in [2.45, 2.75) is 6.17 Å². The Balaban J connectivity index is 2.09. The number of carbonyl (C=O) groups excluding carboxylic acids is 1. The lowest BCUT2D eigenvalue weighted by molar-refractivity contribution is -0.385. The molecule has 2 aromatic rings. The fourth-order valence-electron chi connectivity index (χ4n) is 3.02. The maximum Gasteiger partial charge on any atom is 0.280 e. The molecule has 10 nitrogen and oxygen atoms in total. The summed E-state index contributed by atoms with van der Waals surface area (Å²) < 4.78 is 20.9. The molecule has 0 saturated heterocycles. The molecular formula is C18H19N3O7. The van der Waals surface area contributed by atoms with E-state index in [2.05, 4.69) is 10.6 Å². The Kier molecular flexibility index (Phi) is 5.12. The van der Waals surface area contributed by atoms with Crippen LogP contribution in [0.2, 0.25) is 0 Å². The Morgan fingerprint density at radius 2 is 1.39 bits per heavy atom. The number of anilines is 1. The van der Waals surface area contributed by atoms with E-state index in [9.17, 15) is 14.9 Å². The number of methoxy groups -OCH3 is 4. The van der Waals surface area contributed by atoms with Crippen molar-refractivity contribution in [1.29, 1.82) is 0 Å². The molecule has 0 radical (unpaired) electrons. The molecule has 3 rings (SSSR count). The van der Waals surface area contributed by atoms with Crippen LogP contribution in [0.4, 0.5) is 11.4 Å². The fourth-order valence-corrected chi connectivity index (χ4v) is 3.02. The van der Waals surface area contributed by atoms with Crippen LogP contribution in [0.3, 0.4) is 0 Å². The first-order valence-electron chi connectivity index (χ1n) is 8.17. The summed E-state index contributed by atoms with van der Waals surface area (Å²) in [5.41, 5.74) is 0.781. The van der Waals surface area contributed by atoms with E-state index in [0.717, 1.165) is 0 Å². The minimum Gasteiger partial charge on any atom is -0.493 e. The topological polar surface area (TPSA) is 121 Å². The summed E-state index contributed by atoms with van der Waals surface area (Å²) in [7, 11) is 5.75. The summed E-state index contributed by atoms with van der Waals surface area (Å²) in [4.78, 5) is 23.7. The van der Waals surface area contributed by atoms with Gasteiger partial charge >= 0.3 is 0 Å². The first kappa shape index (κ1) is 19.1. The molecule has 0 spiro atoms. The second-order valence-electron chi connectivity index (χ2n) is 5.83. The average molecular weight is 389 g/mol. The molecule has 0 aliphatic carbocycles. The van der Waals surface area contributed by atoms with Crippen LogP contribution >= 0.6 is 0 Å². The number of amides is 1. The highest BCUT2D eigenvalue weighted by Gasteiger charge is 2.32. The maximum atomic E-state index is 12.6. The van der Waals surface area contributed by atoms with Crippen LogP contribution in [-0.2, 0) is 0 Å². The molecule has 2 aromatic carbocycles. The van der Waals surface area contributed by atoms with Crippen LogP contribution in [-0.4, -0.2) is 39.3 Å². The highest BCUT2D eigenvalue weighted by atomic mass is 16.6. The monoisotopic (exact) mass is 389 g/mol. The molecule has 0 saturated carbocycles. The van der Waals surface area contributed by atoms with E-state index in [1.54, 1.807) is 6.07 Å². The Bertz CT molecular complexity index is 945. The van der Waals surface area contributed by atoms with Crippen LogP contribution < -0.4 is 29.6 Å². The lowest BCUT2D eigenvalue weighted by atomic mass is 10.0. The molecule has 1 aliphatic heterocycles. The van der Waals surface area contributed by atoms with Gasteiger partial charge in [-0.25, -0.2) is 0 Å². The highest BCUT2D eigenvalue weighted by Crippen LogP contribution is 2.41. The molecule has 1 amide bonds. The van der Waals surface area contributed by atoms with Gasteiger partial charge in [-0.15, -0.1) is 0 Å². The summed E-state index contributed by atoms with van der Waals surface area (Å²) in [6.45, 7) is 0. The molecule has 0 bridgehead atoms. The van der Waals surface area contributed by atoms with Gasteiger partial charge < -0.3 is 29.6 Å². The van der Waals surface area contributed by atoms with E-state index < -0.39 is 17.0 Å². The van der Waals surface area contributed by atoms with E-state index in [1.165, 1.54) is 46.6 Å². The molecule has 0 fully saturated rings. The summed E-state index contributed by atoms with van der Waals surface area (Å²) in [5, 5.41) is 17.4. The Morgan fingerprint density at radius 3 is 1.96 bits per heavy atom. The second kappa shape index (κ2) is 7.51. The van der Waals surface area contributed by atoms with E-state index in [0.29, 0.717) is 28.5 Å². The SMILES string of the molecule is COc1cc2c(cc1OC)C(=O)NC(c1cc(OC)c(OC)cc1[N+](=O)[O-])N2. The quantitative estimate of drug-likeness (QED) is 0.571. The molecule has 2 N–H and O–H groups in total. The number of hydrogen-bond acceptors (Lipinski definition) is 8. The van der Waals surface area contributed by atoms with Crippen molar-refractivity contribution in [3.8, 4) is 23.0 Å². The Morgan fingerprint density at radius 1 is 0.857 bits per heavy atom. The number of nitrogens with zero attached hydrogens (tertiary/aromatic N) is 1. The molecular weight excluding hydrogens is 370 g/mol. The maximum absolute atomic E-state index is 12.6. The first-order chi connectivity index (χ1) is 13.4. The molecule has 148 valence electrons. The number of benzene rings is 2. The van der Waals surface area contributed by atoms with Crippen molar-refractivity contribution in [1.82, 2.24) is 5.32 Å². The highest BCUT2D eigenvalue weighted by molar-refractivity contribution is 6.02. The van der Waals surface area contributed by atoms with E-state index in [4.69, 9.17) is 18.9 Å². The fraction of sp³-hybridized carbons (Fsp3) is 0.278. The van der Waals surface area contributed by atoms with Gasteiger partial charge in [0.2, 0.25) is 0 Å². The lowest BCUT2D eigenvalue weighted by Crippen LogP contribution is -2.38. The van der Waals surface area contributed by atoms with Gasteiger partial charge in [-0.1, -0.05) is 0 Å². The molecule has 28 heavy (non-hydrogen) atoms. The zero-order valence-corrected chi connectivity index (χ0v) is 15.7. The van der Waals surface area contributed by atoms with Gasteiger partial charge in [0.05, 0.1) is 56.2 Å². The van der Waals surface area contributed by atoms with Gasteiger partial charge in [-0.05, 0) is 12.1 Å². The normalized spacial score (nSPS) is 15.0. The van der Waals surface area contributed by atoms with Crippen molar-refractivity contribution in [2.75, 3.05) is 33.8 Å². The van der Waals surface area contributed by atoms with Gasteiger partial charge in [0, 0.05) is 6.07 Å². The number of hydrogen-bond donors (Lipinski definition) is 2. The number of ether oxygens (including phenoxy) is 4. The van der Waals surface area contributed by atoms with Crippen LogP contribution in [0.1, 0.15) is 22.1 Å². The molecule has 0 aromatic heterocycles. The first-order valence-corrected chi connectivity index (χ1v) is 8.17. The van der Waals surface area contributed by atoms with Gasteiger partial charge in [0.15, 0.2) is 23.0 Å². The average Bonchev–Trinajstić information content (AvgIpc) is 2.71. The Labute approximate surface area is 160 Å². The number of nitro groups is 1. The zero-order chi connectivity index (χ0) is 20.4. The summed E-state index contributed by atoms with van der Waals surface area (Å²) in [6.07, 6.45) is -0.863. The van der Waals surface area contributed by atoms with Crippen molar-refractivity contribution in [3.05, 3.63) is 45.5 Å². The number of fused-ring (bicyclic) bond motifs is 1. The van der Waals surface area contributed by atoms with Gasteiger partial charge in [-0.2, -0.15) is 0 Å². The number of rotatable bonds is 6. The molecule has 1 unspecified atom stereocenters. The van der Waals surface area contributed by atoms with E-state index in [1.807, 2.05) is 0 Å². The van der Waals surface area contributed by atoms with Gasteiger partial charge in [0.25, 0.3) is 11.6 Å². The summed E-state index contributed by atoms with van der Waals surface area (Å²) in [6, 6.07) is 5.86. The lowest BCUT2D eigenvalue weighted by Gasteiger charge is -2.29. The van der Waals surface area contributed by atoms with Crippen LogP contribution in [0, 0.1) is 10.1 Å². The minimum absolute atomic E-state index is 0.215. The van der Waals surface area contributed by atoms with Gasteiger partial charge in [0.1, 0.15) is 6.17 Å². The summed E-state index contributed by atoms with van der Waals surface area (Å²) in [5.74, 6) is 0.922.